The molecule has 3 heterocycles. The minimum absolute atomic E-state index is 0.0892. The van der Waals surface area contributed by atoms with Crippen molar-refractivity contribution in [2.24, 2.45) is 0 Å². The molecule has 13 heteroatoms. The van der Waals surface area contributed by atoms with E-state index in [2.05, 4.69) is 30.9 Å². The van der Waals surface area contributed by atoms with Crippen LogP contribution < -0.4 is 10.6 Å². The van der Waals surface area contributed by atoms with Crippen molar-refractivity contribution in [2.45, 2.75) is 6.04 Å². The number of para-hydroxylation sites is 1. The number of nitriles is 1. The summed E-state index contributed by atoms with van der Waals surface area (Å²) in [5.74, 6) is -3.38. The lowest BCUT2D eigenvalue weighted by atomic mass is 10.0. The summed E-state index contributed by atoms with van der Waals surface area (Å²) in [5.41, 5.74) is 2.36. The van der Waals surface area contributed by atoms with Gasteiger partial charge in [-0.15, -0.1) is 5.10 Å². The van der Waals surface area contributed by atoms with E-state index in [4.69, 9.17) is 11.6 Å². The number of anilines is 3. The van der Waals surface area contributed by atoms with Crippen molar-refractivity contribution in [1.29, 1.82) is 5.26 Å². The number of hydrogen-bond donors (Lipinski definition) is 2. The summed E-state index contributed by atoms with van der Waals surface area (Å²) in [7, 11) is 0. The number of benzene rings is 3. The zero-order chi connectivity index (χ0) is 30.1. The first-order valence-corrected chi connectivity index (χ1v) is 13.0. The lowest BCUT2D eigenvalue weighted by Crippen LogP contribution is -2.13. The maximum absolute atomic E-state index is 14.5. The molecule has 0 aliphatic heterocycles. The molecular formula is C30H17ClF4N8. The summed E-state index contributed by atoms with van der Waals surface area (Å²) in [6, 6.07) is 17.3. The molecule has 0 aliphatic rings. The van der Waals surface area contributed by atoms with Crippen LogP contribution in [0.25, 0.3) is 16.6 Å². The van der Waals surface area contributed by atoms with Gasteiger partial charge in [0.05, 0.1) is 45.9 Å². The SMILES string of the molecule is N#Cc1cnc2c(Cl)cc(N[C@@H](c3ccc(F)cc3)c3cn(-c4ccccc4F)nn3)cc2c1Nc1cnc(F)c(F)c1. The number of nitrogens with zero attached hydrogens (tertiary/aromatic N) is 6. The third-order valence-corrected chi connectivity index (χ3v) is 6.82. The minimum atomic E-state index is -1.26. The maximum Gasteiger partial charge on any atom is 0.249 e. The topological polar surface area (TPSA) is 104 Å². The Kier molecular flexibility index (Phi) is 7.31. The smallest absolute Gasteiger partial charge is 0.249 e. The Hall–Kier alpha value is -5.54. The van der Waals surface area contributed by atoms with Crippen LogP contribution in [0.15, 0.2) is 85.3 Å². The van der Waals surface area contributed by atoms with E-state index in [9.17, 15) is 22.8 Å². The Morgan fingerprint density at radius 1 is 0.884 bits per heavy atom. The number of aromatic nitrogens is 5. The molecule has 0 aliphatic carbocycles. The number of pyridine rings is 2. The summed E-state index contributed by atoms with van der Waals surface area (Å²) < 4.78 is 56.9. The van der Waals surface area contributed by atoms with E-state index in [1.54, 1.807) is 48.7 Å². The van der Waals surface area contributed by atoms with Gasteiger partial charge in [0.15, 0.2) is 5.82 Å². The van der Waals surface area contributed by atoms with Crippen molar-refractivity contribution < 1.29 is 17.6 Å². The minimum Gasteiger partial charge on any atom is -0.373 e. The number of nitrogens with one attached hydrogen (secondary N) is 2. The summed E-state index contributed by atoms with van der Waals surface area (Å²) in [6.07, 6.45) is 3.93. The van der Waals surface area contributed by atoms with E-state index >= 15 is 0 Å². The molecule has 1 atom stereocenters. The van der Waals surface area contributed by atoms with E-state index in [1.165, 1.54) is 29.1 Å². The van der Waals surface area contributed by atoms with Gasteiger partial charge in [-0.3, -0.25) is 4.98 Å². The third-order valence-electron chi connectivity index (χ3n) is 6.53. The van der Waals surface area contributed by atoms with Gasteiger partial charge in [0.25, 0.3) is 0 Å². The second-order valence-corrected chi connectivity index (χ2v) is 9.71. The molecule has 0 fully saturated rings. The van der Waals surface area contributed by atoms with Gasteiger partial charge in [0, 0.05) is 23.3 Å². The zero-order valence-electron chi connectivity index (χ0n) is 21.7. The van der Waals surface area contributed by atoms with E-state index in [-0.39, 0.29) is 27.6 Å². The van der Waals surface area contributed by atoms with Gasteiger partial charge in [-0.25, -0.2) is 22.8 Å². The van der Waals surface area contributed by atoms with Crippen LogP contribution in [0.2, 0.25) is 5.02 Å². The summed E-state index contributed by atoms with van der Waals surface area (Å²) in [6.45, 7) is 0. The average molecular weight is 601 g/mol. The lowest BCUT2D eigenvalue weighted by molar-refractivity contribution is 0.480. The normalized spacial score (nSPS) is 11.7. The predicted octanol–water partition coefficient (Wildman–Crippen LogP) is 7.24. The molecule has 3 aromatic carbocycles. The fraction of sp³-hybridized carbons (Fsp3) is 0.0333. The van der Waals surface area contributed by atoms with Crippen molar-refractivity contribution in [2.75, 3.05) is 10.6 Å². The molecule has 0 saturated carbocycles. The average Bonchev–Trinajstić information content (AvgIpc) is 3.49. The first kappa shape index (κ1) is 27.6. The Morgan fingerprint density at radius 2 is 1.67 bits per heavy atom. The predicted molar refractivity (Wildman–Crippen MR) is 152 cm³/mol. The largest absolute Gasteiger partial charge is 0.373 e. The van der Waals surface area contributed by atoms with Crippen molar-refractivity contribution in [3.63, 3.8) is 0 Å². The molecule has 0 bridgehead atoms. The quantitative estimate of drug-likeness (QED) is 0.147. The van der Waals surface area contributed by atoms with Crippen molar-refractivity contribution in [3.8, 4) is 11.8 Å². The molecule has 0 radical (unpaired) electrons. The summed E-state index contributed by atoms with van der Waals surface area (Å²) in [4.78, 5) is 7.68. The number of hydrogen-bond acceptors (Lipinski definition) is 7. The number of fused-ring (bicyclic) bond motifs is 1. The van der Waals surface area contributed by atoms with E-state index in [1.807, 2.05) is 6.07 Å². The molecule has 0 unspecified atom stereocenters. The molecule has 43 heavy (non-hydrogen) atoms. The highest BCUT2D eigenvalue weighted by Crippen LogP contribution is 2.37. The van der Waals surface area contributed by atoms with E-state index in [0.717, 1.165) is 12.3 Å². The highest BCUT2D eigenvalue weighted by Gasteiger charge is 2.21. The third kappa shape index (κ3) is 5.53. The fourth-order valence-corrected chi connectivity index (χ4v) is 4.78. The summed E-state index contributed by atoms with van der Waals surface area (Å²) >= 11 is 6.62. The van der Waals surface area contributed by atoms with Crippen molar-refractivity contribution in [3.05, 3.63) is 131 Å². The van der Waals surface area contributed by atoms with Gasteiger partial charge in [0.1, 0.15) is 29.1 Å². The first-order chi connectivity index (χ1) is 20.8. The number of rotatable bonds is 7. The summed E-state index contributed by atoms with van der Waals surface area (Å²) in [5, 5.41) is 24.9. The second kappa shape index (κ2) is 11.4. The molecule has 6 rings (SSSR count). The molecular weight excluding hydrogens is 584 g/mol. The molecule has 8 nitrogen and oxygen atoms in total. The van der Waals surface area contributed by atoms with Crippen LogP contribution in [0.4, 0.5) is 34.6 Å². The Bertz CT molecular complexity index is 2020. The molecule has 2 N–H and O–H groups in total. The van der Waals surface area contributed by atoms with Crippen LogP contribution in [-0.4, -0.2) is 25.0 Å². The van der Waals surface area contributed by atoms with Crippen molar-refractivity contribution >= 4 is 39.6 Å². The van der Waals surface area contributed by atoms with Crippen LogP contribution in [0.3, 0.4) is 0 Å². The van der Waals surface area contributed by atoms with Gasteiger partial charge in [-0.2, -0.15) is 9.65 Å². The van der Waals surface area contributed by atoms with E-state index < -0.39 is 29.4 Å². The first-order valence-electron chi connectivity index (χ1n) is 12.6. The van der Waals surface area contributed by atoms with Gasteiger partial charge in [0.2, 0.25) is 5.95 Å². The van der Waals surface area contributed by atoms with Gasteiger partial charge < -0.3 is 10.6 Å². The zero-order valence-corrected chi connectivity index (χ0v) is 22.5. The Balaban J connectivity index is 1.44. The Morgan fingerprint density at radius 3 is 2.42 bits per heavy atom. The lowest BCUT2D eigenvalue weighted by Gasteiger charge is -2.20. The second-order valence-electron chi connectivity index (χ2n) is 9.30. The van der Waals surface area contributed by atoms with Crippen molar-refractivity contribution in [1.82, 2.24) is 25.0 Å². The Labute approximate surface area is 246 Å². The van der Waals surface area contributed by atoms with Crippen LogP contribution in [0.1, 0.15) is 22.9 Å². The molecule has 0 spiro atoms. The van der Waals surface area contributed by atoms with Crippen LogP contribution in [0.5, 0.6) is 0 Å². The highest BCUT2D eigenvalue weighted by molar-refractivity contribution is 6.36. The van der Waals surface area contributed by atoms with Gasteiger partial charge in [-0.05, 0) is 42.0 Å². The monoisotopic (exact) mass is 600 g/mol. The fourth-order valence-electron chi connectivity index (χ4n) is 4.51. The molecule has 212 valence electrons. The van der Waals surface area contributed by atoms with E-state index in [0.29, 0.717) is 27.8 Å². The highest BCUT2D eigenvalue weighted by atomic mass is 35.5. The van der Waals surface area contributed by atoms with Gasteiger partial charge in [-0.1, -0.05) is 41.1 Å². The molecule has 3 aromatic heterocycles. The maximum atomic E-state index is 14.5. The van der Waals surface area contributed by atoms with Crippen LogP contribution >= 0.6 is 11.6 Å². The van der Waals surface area contributed by atoms with Crippen LogP contribution in [-0.2, 0) is 0 Å². The van der Waals surface area contributed by atoms with Gasteiger partial charge >= 0.3 is 0 Å². The standard InChI is InChI=1S/C30H17ClF4N8/c31-22-10-19(9-21-27(17(12-36)13-37-29(21)22)40-20-11-24(34)30(35)38-14-20)39-28(16-5-7-18(32)8-6-16)25-15-43(42-41-25)26-4-2-1-3-23(26)33/h1-11,13-15,28,39H,(H,37,40)/t28-/m0/s1. The van der Waals surface area contributed by atoms with Crippen LogP contribution in [0, 0.1) is 34.7 Å². The molecule has 0 amide bonds. The molecule has 0 saturated heterocycles. The molecule has 6 aromatic rings. The number of halogens is 5.